The molecule has 0 saturated carbocycles. The Labute approximate surface area is 169 Å². The summed E-state index contributed by atoms with van der Waals surface area (Å²) in [5.74, 6) is 1.79. The molecule has 1 N–H and O–H groups in total. The maximum atomic E-state index is 12.7. The summed E-state index contributed by atoms with van der Waals surface area (Å²) in [6.45, 7) is 3.86. The van der Waals surface area contributed by atoms with Gasteiger partial charge in [0, 0.05) is 50.7 Å². The minimum atomic E-state index is -1.33. The molecule has 1 atom stereocenters. The minimum absolute atomic E-state index is 0. The van der Waals surface area contributed by atoms with Gasteiger partial charge in [-0.3, -0.25) is 9.19 Å². The van der Waals surface area contributed by atoms with E-state index in [0.717, 1.165) is 39.4 Å². The molecule has 0 bridgehead atoms. The number of nitrogens with zero attached hydrogens (tertiary/aromatic N) is 2. The number of imidazole rings is 1. The zero-order valence-corrected chi connectivity index (χ0v) is 19.2. The van der Waals surface area contributed by atoms with Crippen LogP contribution in [0.15, 0.2) is 29.6 Å². The van der Waals surface area contributed by atoms with Crippen molar-refractivity contribution >= 4 is 49.1 Å². The second-order valence-electron chi connectivity index (χ2n) is 5.46. The number of H-pyrrole nitrogens is 1. The normalized spacial score (nSPS) is 11.8. The summed E-state index contributed by atoms with van der Waals surface area (Å²) in [6, 6.07) is 5.50. The van der Waals surface area contributed by atoms with Crippen molar-refractivity contribution in [3.63, 3.8) is 0 Å². The molecule has 2 aromatic heterocycles. The molecule has 8 heteroatoms. The van der Waals surface area contributed by atoms with Crippen LogP contribution in [0.25, 0.3) is 11.0 Å². The average Bonchev–Trinajstić information content (AvgIpc) is 3.01. The van der Waals surface area contributed by atoms with Gasteiger partial charge >= 0.3 is 0 Å². The van der Waals surface area contributed by atoms with E-state index in [0.29, 0.717) is 5.16 Å². The third-order valence-corrected chi connectivity index (χ3v) is 5.06. The van der Waals surface area contributed by atoms with Crippen LogP contribution < -0.4 is 9.47 Å². The molecule has 0 amide bonds. The first-order chi connectivity index (χ1) is 11.5. The number of aryl methyl sites for hydroxylation is 1. The molecule has 1 unspecified atom stereocenters. The second-order valence-corrected chi connectivity index (χ2v) is 6.83. The predicted molar refractivity (Wildman–Crippen MR) is 98.8 cm³/mol. The molecule has 0 spiro atoms. The van der Waals surface area contributed by atoms with Gasteiger partial charge in [-0.2, -0.15) is 0 Å². The Morgan fingerprint density at radius 1 is 1.20 bits per heavy atom. The van der Waals surface area contributed by atoms with E-state index in [1.807, 2.05) is 32.0 Å². The fourth-order valence-electron chi connectivity index (χ4n) is 2.61. The van der Waals surface area contributed by atoms with Gasteiger partial charge in [0.2, 0.25) is 0 Å². The van der Waals surface area contributed by atoms with Crippen LogP contribution in [-0.4, -0.2) is 60.7 Å². The van der Waals surface area contributed by atoms with Gasteiger partial charge in [0.25, 0.3) is 0 Å². The van der Waals surface area contributed by atoms with Gasteiger partial charge in [0.15, 0.2) is 5.16 Å². The first-order valence-electron chi connectivity index (χ1n) is 7.44. The molecule has 0 aliphatic carbocycles. The first kappa shape index (κ1) is 19.8. The summed E-state index contributed by atoms with van der Waals surface area (Å²) in [5, 5.41) is 0.430. The van der Waals surface area contributed by atoms with Gasteiger partial charge < -0.3 is 14.5 Å². The number of ether oxygens (including phenoxy) is 2. The standard InChI is InChI=1S/C17H19N3O3S.Pb/c1-10-8-18-15(11(2)16(10)23-4)9-24(21)17-19-13-6-5-12(22-3)7-14(13)20-17;/h5-8H,9H2,1-4H3,(H,19,20);. The molecule has 0 fully saturated rings. The first-order valence-corrected chi connectivity index (χ1v) is 8.76. The monoisotopic (exact) mass is 553 g/mol. The molecule has 130 valence electrons. The molecule has 0 saturated heterocycles. The second kappa shape index (κ2) is 8.26. The Kier molecular flexibility index (Phi) is 6.55. The van der Waals surface area contributed by atoms with Crippen molar-refractivity contribution in [1.29, 1.82) is 0 Å². The van der Waals surface area contributed by atoms with Crippen LogP contribution >= 0.6 is 0 Å². The van der Waals surface area contributed by atoms with Crippen molar-refractivity contribution in [2.75, 3.05) is 14.2 Å². The largest absolute Gasteiger partial charge is 0.497 e. The van der Waals surface area contributed by atoms with Crippen LogP contribution in [0.3, 0.4) is 0 Å². The number of aromatic nitrogens is 3. The Hall–Kier alpha value is -1.49. The Morgan fingerprint density at radius 2 is 1.96 bits per heavy atom. The molecule has 6 nitrogen and oxygen atoms in total. The molecule has 3 rings (SSSR count). The van der Waals surface area contributed by atoms with Crippen LogP contribution in [-0.2, 0) is 16.6 Å². The molecule has 2 heterocycles. The number of benzene rings is 1. The zero-order chi connectivity index (χ0) is 17.3. The Morgan fingerprint density at radius 3 is 2.64 bits per heavy atom. The molecule has 0 aliphatic rings. The van der Waals surface area contributed by atoms with Crippen molar-refractivity contribution in [1.82, 2.24) is 15.0 Å². The summed E-state index contributed by atoms with van der Waals surface area (Å²) in [4.78, 5) is 11.9. The molecular weight excluding hydrogens is 533 g/mol. The maximum absolute atomic E-state index is 12.7. The van der Waals surface area contributed by atoms with Gasteiger partial charge in [-0.05, 0) is 26.0 Å². The van der Waals surface area contributed by atoms with Crippen molar-refractivity contribution < 1.29 is 13.7 Å². The van der Waals surface area contributed by atoms with Crippen molar-refractivity contribution in [2.45, 2.75) is 24.8 Å². The number of rotatable bonds is 5. The molecule has 25 heavy (non-hydrogen) atoms. The maximum Gasteiger partial charge on any atom is 0.197 e. The number of hydrogen-bond acceptors (Lipinski definition) is 5. The van der Waals surface area contributed by atoms with Crippen LogP contribution in [0.5, 0.6) is 11.5 Å². The van der Waals surface area contributed by atoms with E-state index in [-0.39, 0.29) is 33.1 Å². The minimum Gasteiger partial charge on any atom is -0.497 e. The summed E-state index contributed by atoms with van der Waals surface area (Å²) in [7, 11) is 1.91. The Bertz CT molecular complexity index is 927. The summed E-state index contributed by atoms with van der Waals surface area (Å²) in [5.41, 5.74) is 4.16. The third-order valence-electron chi connectivity index (χ3n) is 3.90. The fourth-order valence-corrected chi connectivity index (χ4v) is 3.71. The van der Waals surface area contributed by atoms with Gasteiger partial charge in [0.1, 0.15) is 11.5 Å². The van der Waals surface area contributed by atoms with E-state index in [9.17, 15) is 4.21 Å². The summed E-state index contributed by atoms with van der Waals surface area (Å²) in [6.07, 6.45) is 1.74. The molecule has 1 aromatic carbocycles. The molecular formula is C17H19N3O3PbS. The van der Waals surface area contributed by atoms with E-state index in [1.165, 1.54) is 0 Å². The average molecular weight is 553 g/mol. The SMILES string of the molecule is COc1ccc2nc(S(=O)Cc3ncc(C)c(OC)c3C)[nH]c2c1.[Pb]. The van der Waals surface area contributed by atoms with Crippen LogP contribution in [0.1, 0.15) is 16.8 Å². The van der Waals surface area contributed by atoms with E-state index in [4.69, 9.17) is 9.47 Å². The number of aromatic amines is 1. The summed E-state index contributed by atoms with van der Waals surface area (Å²) < 4.78 is 23.3. The van der Waals surface area contributed by atoms with Crippen LogP contribution in [0.4, 0.5) is 0 Å². The quantitative estimate of drug-likeness (QED) is 0.493. The predicted octanol–water partition coefficient (Wildman–Crippen LogP) is 2.52. The molecule has 3 aromatic rings. The number of fused-ring (bicyclic) bond motifs is 1. The third kappa shape index (κ3) is 4.02. The van der Waals surface area contributed by atoms with Gasteiger partial charge in [-0.1, -0.05) is 0 Å². The smallest absolute Gasteiger partial charge is 0.197 e. The van der Waals surface area contributed by atoms with E-state index < -0.39 is 10.8 Å². The number of nitrogens with one attached hydrogen (secondary N) is 1. The van der Waals surface area contributed by atoms with Crippen LogP contribution in [0.2, 0.25) is 0 Å². The number of methoxy groups -OCH3 is 2. The molecule has 4 radical (unpaired) electrons. The van der Waals surface area contributed by atoms with Gasteiger partial charge in [-0.15, -0.1) is 0 Å². The van der Waals surface area contributed by atoms with E-state index in [1.54, 1.807) is 20.4 Å². The van der Waals surface area contributed by atoms with Gasteiger partial charge in [0.05, 0.1) is 47.5 Å². The van der Waals surface area contributed by atoms with Gasteiger partial charge in [-0.25, -0.2) is 4.98 Å². The molecule has 0 aliphatic heterocycles. The van der Waals surface area contributed by atoms with Crippen molar-refractivity contribution in [3.05, 3.63) is 41.2 Å². The summed E-state index contributed by atoms with van der Waals surface area (Å²) >= 11 is 0. The van der Waals surface area contributed by atoms with E-state index in [2.05, 4.69) is 15.0 Å². The Balaban J connectivity index is 0.00000225. The van der Waals surface area contributed by atoms with Crippen molar-refractivity contribution in [2.24, 2.45) is 0 Å². The number of pyridine rings is 1. The zero-order valence-electron chi connectivity index (χ0n) is 14.5. The fraction of sp³-hybridized carbons (Fsp3) is 0.294. The topological polar surface area (TPSA) is 77.1 Å². The van der Waals surface area contributed by atoms with E-state index >= 15 is 0 Å². The van der Waals surface area contributed by atoms with Crippen molar-refractivity contribution in [3.8, 4) is 11.5 Å². The van der Waals surface area contributed by atoms with Crippen LogP contribution in [0, 0.1) is 13.8 Å². The number of hydrogen-bond donors (Lipinski definition) is 1.